The maximum absolute atomic E-state index is 13.1. The molecule has 5 heteroatoms. The van der Waals surface area contributed by atoms with Gasteiger partial charge < -0.3 is 15.4 Å². The first-order valence-corrected chi connectivity index (χ1v) is 10.4. The van der Waals surface area contributed by atoms with Crippen LogP contribution in [0.25, 0.3) is 5.70 Å². The molecule has 0 fully saturated rings. The van der Waals surface area contributed by atoms with E-state index >= 15 is 0 Å². The molecule has 1 atom stereocenters. The van der Waals surface area contributed by atoms with E-state index in [9.17, 15) is 4.79 Å². The molecule has 2 N–H and O–H groups in total. The van der Waals surface area contributed by atoms with E-state index in [0.29, 0.717) is 30.4 Å². The largest absolute Gasteiger partial charge is 0.463 e. The molecule has 0 saturated heterocycles. The Hall–Kier alpha value is -3.86. The fourth-order valence-corrected chi connectivity index (χ4v) is 3.57. The van der Waals surface area contributed by atoms with Crippen LogP contribution in [-0.4, -0.2) is 18.5 Å². The van der Waals surface area contributed by atoms with Crippen molar-refractivity contribution in [3.8, 4) is 0 Å². The number of benzene rings is 3. The molecule has 0 amide bonds. The zero-order valence-electron chi connectivity index (χ0n) is 17.4. The van der Waals surface area contributed by atoms with E-state index in [-0.39, 0.29) is 12.0 Å². The summed E-state index contributed by atoms with van der Waals surface area (Å²) in [7, 11) is 0. The van der Waals surface area contributed by atoms with Gasteiger partial charge in [0.05, 0.1) is 30.5 Å². The normalized spacial score (nSPS) is 17.1. The van der Waals surface area contributed by atoms with Crippen LogP contribution in [0.5, 0.6) is 0 Å². The zero-order valence-corrected chi connectivity index (χ0v) is 17.4. The van der Waals surface area contributed by atoms with Crippen molar-refractivity contribution in [1.82, 2.24) is 10.6 Å². The Morgan fingerprint density at radius 3 is 2.16 bits per heavy atom. The minimum Gasteiger partial charge on any atom is -0.463 e. The monoisotopic (exact) mass is 411 g/mol. The second-order valence-electron chi connectivity index (χ2n) is 7.14. The molecule has 0 bridgehead atoms. The van der Waals surface area contributed by atoms with E-state index < -0.39 is 0 Å². The molecular weight excluding hydrogens is 386 g/mol. The summed E-state index contributed by atoms with van der Waals surface area (Å²) in [5, 5.41) is 6.76. The van der Waals surface area contributed by atoms with Crippen molar-refractivity contribution in [2.75, 3.05) is 6.61 Å². The maximum atomic E-state index is 13.1. The number of aliphatic imine (C=N–C) groups is 1. The number of nitrogens with zero attached hydrogens (tertiary/aromatic N) is 1. The fraction of sp³-hybridized carbons (Fsp3) is 0.154. The fourth-order valence-electron chi connectivity index (χ4n) is 3.57. The molecule has 1 aliphatic heterocycles. The van der Waals surface area contributed by atoms with E-state index in [4.69, 9.17) is 9.73 Å². The van der Waals surface area contributed by atoms with Crippen LogP contribution in [0.2, 0.25) is 0 Å². The summed E-state index contributed by atoms with van der Waals surface area (Å²) in [5.74, 6) is 0.266. The number of nitrogens with one attached hydrogen (secondary N) is 2. The first-order valence-electron chi connectivity index (χ1n) is 10.4. The van der Waals surface area contributed by atoms with Gasteiger partial charge in [-0.2, -0.15) is 0 Å². The van der Waals surface area contributed by atoms with Crippen molar-refractivity contribution >= 4 is 17.6 Å². The van der Waals surface area contributed by atoms with Gasteiger partial charge >= 0.3 is 5.97 Å². The zero-order chi connectivity index (χ0) is 21.5. The van der Waals surface area contributed by atoms with Gasteiger partial charge in [0.1, 0.15) is 0 Å². The summed E-state index contributed by atoms with van der Waals surface area (Å²) in [5.41, 5.74) is 4.22. The number of hydrogen-bond acceptors (Lipinski definition) is 3. The molecule has 3 aromatic carbocycles. The first-order chi connectivity index (χ1) is 15.3. The van der Waals surface area contributed by atoms with Gasteiger partial charge in [-0.15, -0.1) is 0 Å². The second kappa shape index (κ2) is 9.76. The van der Waals surface area contributed by atoms with Gasteiger partial charge in [-0.25, -0.2) is 9.79 Å². The Kier molecular flexibility index (Phi) is 6.43. The molecule has 0 spiro atoms. The number of hydrogen-bond donors (Lipinski definition) is 2. The van der Waals surface area contributed by atoms with Crippen molar-refractivity contribution in [2.45, 2.75) is 19.5 Å². The Morgan fingerprint density at radius 1 is 0.903 bits per heavy atom. The third kappa shape index (κ3) is 4.83. The van der Waals surface area contributed by atoms with Gasteiger partial charge in [0.2, 0.25) is 0 Å². The molecular formula is C26H25N3O2. The number of ether oxygens (including phenoxy) is 1. The van der Waals surface area contributed by atoms with E-state index in [1.807, 2.05) is 97.9 Å². The molecule has 5 nitrogen and oxygen atoms in total. The predicted molar refractivity (Wildman–Crippen MR) is 123 cm³/mol. The smallest absolute Gasteiger partial charge is 0.338 e. The standard InChI is InChI=1S/C26H25N3O2/c1-2-31-25(30)22-23(20-14-8-4-9-15-20)28-26(27-18-19-12-6-3-7-13-19)29-24(22)21-16-10-5-11-17-21/h3-17,23H,2,18H2,1H3,(H2,27,28,29). The van der Waals surface area contributed by atoms with Crippen LogP contribution in [0, 0.1) is 0 Å². The molecule has 1 unspecified atom stereocenters. The Balaban J connectivity index is 1.80. The molecule has 0 radical (unpaired) electrons. The Morgan fingerprint density at radius 2 is 1.52 bits per heavy atom. The van der Waals surface area contributed by atoms with Gasteiger partial charge in [0, 0.05) is 0 Å². The van der Waals surface area contributed by atoms with E-state index in [2.05, 4.69) is 10.6 Å². The van der Waals surface area contributed by atoms with Crippen molar-refractivity contribution in [3.63, 3.8) is 0 Å². The lowest BCUT2D eigenvalue weighted by Crippen LogP contribution is -2.46. The van der Waals surface area contributed by atoms with Crippen molar-refractivity contribution in [1.29, 1.82) is 0 Å². The highest BCUT2D eigenvalue weighted by Crippen LogP contribution is 2.32. The van der Waals surface area contributed by atoms with Gasteiger partial charge in [0.25, 0.3) is 0 Å². The molecule has 1 heterocycles. The predicted octanol–water partition coefficient (Wildman–Crippen LogP) is 4.45. The lowest BCUT2D eigenvalue weighted by Gasteiger charge is -2.31. The first kappa shape index (κ1) is 20.4. The van der Waals surface area contributed by atoms with Crippen LogP contribution >= 0.6 is 0 Å². The van der Waals surface area contributed by atoms with Crippen LogP contribution in [-0.2, 0) is 16.1 Å². The minimum absolute atomic E-state index is 0.306. The average molecular weight is 412 g/mol. The summed E-state index contributed by atoms with van der Waals surface area (Å²) in [6, 6.07) is 29.4. The van der Waals surface area contributed by atoms with Crippen molar-refractivity contribution in [2.24, 2.45) is 4.99 Å². The topological polar surface area (TPSA) is 62.7 Å². The van der Waals surface area contributed by atoms with E-state index in [1.165, 1.54) is 0 Å². The molecule has 0 aromatic heterocycles. The maximum Gasteiger partial charge on any atom is 0.338 e. The van der Waals surface area contributed by atoms with E-state index in [1.54, 1.807) is 0 Å². The van der Waals surface area contributed by atoms with Crippen LogP contribution in [0.3, 0.4) is 0 Å². The summed E-state index contributed by atoms with van der Waals surface area (Å²) in [6.45, 7) is 2.64. The highest BCUT2D eigenvalue weighted by atomic mass is 16.5. The van der Waals surface area contributed by atoms with Gasteiger partial charge in [-0.1, -0.05) is 91.0 Å². The quantitative estimate of drug-likeness (QED) is 0.588. The van der Waals surface area contributed by atoms with E-state index in [0.717, 1.165) is 16.7 Å². The third-order valence-electron chi connectivity index (χ3n) is 5.04. The number of carbonyl (C=O) groups is 1. The lowest BCUT2D eigenvalue weighted by molar-refractivity contribution is -0.138. The summed E-state index contributed by atoms with van der Waals surface area (Å²) >= 11 is 0. The lowest BCUT2D eigenvalue weighted by atomic mass is 9.92. The number of carbonyl (C=O) groups excluding carboxylic acids is 1. The van der Waals surface area contributed by atoms with Gasteiger partial charge in [-0.3, -0.25) is 0 Å². The Labute approximate surface area is 182 Å². The van der Waals surface area contributed by atoms with Crippen LogP contribution in [0.1, 0.15) is 29.7 Å². The summed E-state index contributed by atoms with van der Waals surface area (Å²) in [6.07, 6.45) is 0. The summed E-state index contributed by atoms with van der Waals surface area (Å²) < 4.78 is 5.43. The highest BCUT2D eigenvalue weighted by molar-refractivity contribution is 6.05. The average Bonchev–Trinajstić information content (AvgIpc) is 2.84. The van der Waals surface area contributed by atoms with Crippen molar-refractivity contribution in [3.05, 3.63) is 113 Å². The number of guanidine groups is 1. The second-order valence-corrected chi connectivity index (χ2v) is 7.14. The summed E-state index contributed by atoms with van der Waals surface area (Å²) in [4.78, 5) is 17.8. The number of esters is 1. The SMILES string of the molecule is CCOC(=O)C1=C(c2ccccc2)NC(=NCc2ccccc2)NC1c1ccccc1. The molecule has 0 saturated carbocycles. The third-order valence-corrected chi connectivity index (χ3v) is 5.04. The molecule has 156 valence electrons. The Bertz CT molecular complexity index is 1080. The van der Waals surface area contributed by atoms with Crippen LogP contribution in [0.4, 0.5) is 0 Å². The van der Waals surface area contributed by atoms with Gasteiger partial charge in [-0.05, 0) is 23.6 Å². The van der Waals surface area contributed by atoms with Gasteiger partial charge in [0.15, 0.2) is 5.96 Å². The molecule has 31 heavy (non-hydrogen) atoms. The molecule has 0 aliphatic carbocycles. The van der Waals surface area contributed by atoms with Crippen LogP contribution in [0.15, 0.2) is 102 Å². The minimum atomic E-state index is -0.383. The molecule has 1 aliphatic rings. The van der Waals surface area contributed by atoms with Crippen LogP contribution < -0.4 is 10.6 Å². The highest BCUT2D eigenvalue weighted by Gasteiger charge is 2.33. The number of rotatable bonds is 6. The van der Waals surface area contributed by atoms with Crippen molar-refractivity contribution < 1.29 is 9.53 Å². The molecule has 4 rings (SSSR count). The molecule has 3 aromatic rings.